The Balaban J connectivity index is 1.84. The lowest BCUT2D eigenvalue weighted by Gasteiger charge is -2.30. The van der Waals surface area contributed by atoms with Crippen LogP contribution in [-0.4, -0.2) is 33.4 Å². The Bertz CT molecular complexity index is 358. The van der Waals surface area contributed by atoms with Crippen molar-refractivity contribution in [3.05, 3.63) is 29.8 Å². The molecule has 0 spiro atoms. The summed E-state index contributed by atoms with van der Waals surface area (Å²) in [6, 6.07) is 8.94. The van der Waals surface area contributed by atoms with E-state index in [9.17, 15) is 0 Å². The molecule has 0 aromatic heterocycles. The smallest absolute Gasteiger partial charge is 0.118 e. The van der Waals surface area contributed by atoms with Crippen LogP contribution in [0.15, 0.2) is 24.3 Å². The molecule has 19 heavy (non-hydrogen) atoms. The Hall–Kier alpha value is -1.06. The van der Waals surface area contributed by atoms with Gasteiger partial charge in [0.15, 0.2) is 0 Å². The average molecular weight is 263 g/mol. The summed E-state index contributed by atoms with van der Waals surface area (Å²) < 4.78 is 10.8. The van der Waals surface area contributed by atoms with Gasteiger partial charge in [0.2, 0.25) is 0 Å². The third-order valence-corrected chi connectivity index (χ3v) is 4.04. The highest BCUT2D eigenvalue weighted by Crippen LogP contribution is 2.21. The van der Waals surface area contributed by atoms with Gasteiger partial charge in [-0.2, -0.15) is 0 Å². The van der Waals surface area contributed by atoms with Gasteiger partial charge in [0.05, 0.1) is 13.7 Å². The van der Waals surface area contributed by atoms with Gasteiger partial charge in [0, 0.05) is 12.6 Å². The van der Waals surface area contributed by atoms with Crippen molar-refractivity contribution in [2.24, 2.45) is 5.92 Å². The summed E-state index contributed by atoms with van der Waals surface area (Å²) in [5, 5.41) is 3.46. The molecule has 3 nitrogen and oxygen atoms in total. The molecular formula is C16H25NO2. The van der Waals surface area contributed by atoms with Crippen LogP contribution in [-0.2, 0) is 11.2 Å². The molecule has 2 atom stereocenters. The first kappa shape index (κ1) is 14.4. The lowest BCUT2D eigenvalue weighted by Crippen LogP contribution is -2.38. The molecule has 2 unspecified atom stereocenters. The minimum atomic E-state index is 0.558. The van der Waals surface area contributed by atoms with Gasteiger partial charge in [-0.1, -0.05) is 12.1 Å². The fourth-order valence-electron chi connectivity index (χ4n) is 2.81. The largest absolute Gasteiger partial charge is 0.497 e. The third-order valence-electron chi connectivity index (χ3n) is 4.04. The highest BCUT2D eigenvalue weighted by molar-refractivity contribution is 5.27. The molecule has 3 heteroatoms. The van der Waals surface area contributed by atoms with E-state index in [1.807, 2.05) is 12.1 Å². The fraction of sp³-hybridized carbons (Fsp3) is 0.625. The maximum atomic E-state index is 5.59. The quantitative estimate of drug-likeness (QED) is 0.856. The molecule has 1 fully saturated rings. The molecule has 0 aliphatic carbocycles. The van der Waals surface area contributed by atoms with Gasteiger partial charge in [-0.15, -0.1) is 0 Å². The van der Waals surface area contributed by atoms with Gasteiger partial charge in [-0.05, 0) is 56.3 Å². The van der Waals surface area contributed by atoms with Crippen molar-refractivity contribution in [3.63, 3.8) is 0 Å². The van der Waals surface area contributed by atoms with Crippen LogP contribution in [0.2, 0.25) is 0 Å². The van der Waals surface area contributed by atoms with E-state index in [0.29, 0.717) is 12.0 Å². The second kappa shape index (κ2) is 7.51. The van der Waals surface area contributed by atoms with Gasteiger partial charge >= 0.3 is 0 Å². The number of hydrogen-bond acceptors (Lipinski definition) is 3. The maximum absolute atomic E-state index is 5.59. The van der Waals surface area contributed by atoms with Crippen LogP contribution in [0.4, 0.5) is 0 Å². The molecule has 0 amide bonds. The number of hydrogen-bond donors (Lipinski definition) is 1. The van der Waals surface area contributed by atoms with Gasteiger partial charge in [0.25, 0.3) is 0 Å². The number of ether oxygens (including phenoxy) is 2. The lowest BCUT2D eigenvalue weighted by atomic mass is 9.89. The fourth-order valence-corrected chi connectivity index (χ4v) is 2.81. The number of aryl methyl sites for hydroxylation is 1. The lowest BCUT2D eigenvalue weighted by molar-refractivity contribution is 0.0392. The van der Waals surface area contributed by atoms with E-state index in [2.05, 4.69) is 24.5 Å². The second-order valence-corrected chi connectivity index (χ2v) is 5.26. The van der Waals surface area contributed by atoms with E-state index in [1.54, 1.807) is 7.11 Å². The zero-order valence-electron chi connectivity index (χ0n) is 12.0. The van der Waals surface area contributed by atoms with Gasteiger partial charge in [-0.3, -0.25) is 0 Å². The highest BCUT2D eigenvalue weighted by Gasteiger charge is 2.22. The van der Waals surface area contributed by atoms with Crippen LogP contribution in [0.5, 0.6) is 5.75 Å². The average Bonchev–Trinajstić information content (AvgIpc) is 2.49. The van der Waals surface area contributed by atoms with Crippen molar-refractivity contribution < 1.29 is 9.47 Å². The Morgan fingerprint density at radius 1 is 1.37 bits per heavy atom. The molecular weight excluding hydrogens is 238 g/mol. The van der Waals surface area contributed by atoms with Crippen LogP contribution in [0.25, 0.3) is 0 Å². The molecule has 1 saturated heterocycles. The summed E-state index contributed by atoms with van der Waals surface area (Å²) in [6.07, 6.45) is 4.75. The Morgan fingerprint density at radius 2 is 2.16 bits per heavy atom. The monoisotopic (exact) mass is 263 g/mol. The Labute approximate surface area is 116 Å². The first-order chi connectivity index (χ1) is 9.33. The van der Waals surface area contributed by atoms with Crippen LogP contribution in [0.3, 0.4) is 0 Å². The van der Waals surface area contributed by atoms with Crippen molar-refractivity contribution in [2.75, 3.05) is 27.4 Å². The third kappa shape index (κ3) is 4.22. The predicted molar refractivity (Wildman–Crippen MR) is 77.7 cm³/mol. The topological polar surface area (TPSA) is 30.5 Å². The van der Waals surface area contributed by atoms with Gasteiger partial charge in [-0.25, -0.2) is 0 Å². The van der Waals surface area contributed by atoms with E-state index < -0.39 is 0 Å². The van der Waals surface area contributed by atoms with E-state index in [-0.39, 0.29) is 0 Å². The highest BCUT2D eigenvalue weighted by atomic mass is 16.5. The van der Waals surface area contributed by atoms with Crippen LogP contribution < -0.4 is 10.1 Å². The number of nitrogens with one attached hydrogen (secondary N) is 1. The summed E-state index contributed by atoms with van der Waals surface area (Å²) in [5.74, 6) is 1.59. The Morgan fingerprint density at radius 3 is 2.74 bits per heavy atom. The van der Waals surface area contributed by atoms with E-state index >= 15 is 0 Å². The second-order valence-electron chi connectivity index (χ2n) is 5.26. The zero-order valence-corrected chi connectivity index (χ0v) is 12.0. The summed E-state index contributed by atoms with van der Waals surface area (Å²) in [6.45, 7) is 1.85. The minimum Gasteiger partial charge on any atom is -0.497 e. The number of benzene rings is 1. The van der Waals surface area contributed by atoms with Gasteiger partial charge in [0.1, 0.15) is 5.75 Å². The van der Waals surface area contributed by atoms with Crippen molar-refractivity contribution in [3.8, 4) is 5.75 Å². The van der Waals surface area contributed by atoms with Crippen molar-refractivity contribution in [2.45, 2.75) is 31.7 Å². The van der Waals surface area contributed by atoms with Crippen molar-refractivity contribution in [1.29, 1.82) is 0 Å². The Kier molecular flexibility index (Phi) is 5.67. The maximum Gasteiger partial charge on any atom is 0.118 e. The standard InChI is InChI=1S/C16H25NO2/c1-17-16(14-4-3-11-19-12-14)10-7-13-5-8-15(18-2)9-6-13/h5-6,8-9,14,16-17H,3-4,7,10-12H2,1-2H3. The number of rotatable bonds is 6. The molecule has 106 valence electrons. The van der Waals surface area contributed by atoms with Crippen molar-refractivity contribution in [1.82, 2.24) is 5.32 Å². The molecule has 1 aliphatic rings. The molecule has 1 aromatic carbocycles. The normalized spacial score (nSPS) is 21.1. The van der Waals surface area contributed by atoms with Crippen LogP contribution >= 0.6 is 0 Å². The first-order valence-electron chi connectivity index (χ1n) is 7.21. The summed E-state index contributed by atoms with van der Waals surface area (Å²) in [5.41, 5.74) is 1.37. The van der Waals surface area contributed by atoms with Gasteiger partial charge < -0.3 is 14.8 Å². The van der Waals surface area contributed by atoms with Crippen LogP contribution in [0, 0.1) is 5.92 Å². The minimum absolute atomic E-state index is 0.558. The molecule has 1 aromatic rings. The number of methoxy groups -OCH3 is 1. The molecule has 0 saturated carbocycles. The molecule has 0 radical (unpaired) electrons. The first-order valence-corrected chi connectivity index (χ1v) is 7.21. The van der Waals surface area contributed by atoms with E-state index in [1.165, 1.54) is 18.4 Å². The van der Waals surface area contributed by atoms with Crippen molar-refractivity contribution >= 4 is 0 Å². The molecule has 1 N–H and O–H groups in total. The molecule has 1 heterocycles. The molecule has 2 rings (SSSR count). The summed E-state index contributed by atoms with van der Waals surface area (Å²) in [4.78, 5) is 0. The van der Waals surface area contributed by atoms with E-state index in [0.717, 1.165) is 31.8 Å². The van der Waals surface area contributed by atoms with Crippen LogP contribution in [0.1, 0.15) is 24.8 Å². The zero-order chi connectivity index (χ0) is 13.5. The molecule has 0 bridgehead atoms. The molecule has 1 aliphatic heterocycles. The summed E-state index contributed by atoms with van der Waals surface area (Å²) >= 11 is 0. The van der Waals surface area contributed by atoms with E-state index in [4.69, 9.17) is 9.47 Å². The SMILES string of the molecule is CNC(CCc1ccc(OC)cc1)C1CCCOC1. The summed E-state index contributed by atoms with van der Waals surface area (Å²) in [7, 11) is 3.77. The predicted octanol–water partition coefficient (Wildman–Crippen LogP) is 2.64.